The Kier molecular flexibility index (Phi) is 5.01. The molecule has 0 heterocycles. The van der Waals surface area contributed by atoms with Crippen molar-refractivity contribution in [3.8, 4) is 0 Å². The molecule has 0 spiro atoms. The minimum atomic E-state index is -1.89. The molecule has 0 aliphatic heterocycles. The Morgan fingerprint density at radius 1 is 0.933 bits per heavy atom. The minimum Gasteiger partial charge on any atom is -0.439 e. The maximum Gasteiger partial charge on any atom is 0.311 e. The average molecular weight is 265 g/mol. The number of rotatable bonds is 4. The molecule has 0 saturated carbocycles. The second-order valence-corrected chi connectivity index (χ2v) is 18.5. The highest BCUT2D eigenvalue weighted by Gasteiger charge is 2.36. The topological polar surface area (TPSA) is 18.5 Å². The molecular formula is C10H28O2Si3. The lowest BCUT2D eigenvalue weighted by atomic mass is 10.3. The molecule has 0 fully saturated rings. The molecule has 0 bridgehead atoms. The summed E-state index contributed by atoms with van der Waals surface area (Å²) < 4.78 is 12.4. The first-order chi connectivity index (χ1) is 6.33. The smallest absolute Gasteiger partial charge is 0.311 e. The van der Waals surface area contributed by atoms with E-state index in [2.05, 4.69) is 60.1 Å². The summed E-state index contributed by atoms with van der Waals surface area (Å²) in [6.45, 7) is 20.1. The van der Waals surface area contributed by atoms with Gasteiger partial charge in [0.05, 0.1) is 0 Å². The summed E-state index contributed by atoms with van der Waals surface area (Å²) in [6, 6.07) is 0. The Morgan fingerprint density at radius 2 is 1.33 bits per heavy atom. The molecule has 0 aromatic heterocycles. The SMILES string of the molecule is C[SiH](O[Si](C)(C)O[Si](C)(C)C)C(C)(C)C. The molecule has 0 rings (SSSR count). The molecule has 92 valence electrons. The van der Waals surface area contributed by atoms with Gasteiger partial charge in [-0.25, -0.2) is 0 Å². The van der Waals surface area contributed by atoms with Crippen LogP contribution in [0.4, 0.5) is 0 Å². The lowest BCUT2D eigenvalue weighted by molar-refractivity contribution is 0.388. The summed E-state index contributed by atoms with van der Waals surface area (Å²) in [6.07, 6.45) is 0. The van der Waals surface area contributed by atoms with Gasteiger partial charge in [-0.05, 0) is 44.3 Å². The first-order valence-electron chi connectivity index (χ1n) is 5.71. The van der Waals surface area contributed by atoms with Crippen LogP contribution in [0, 0.1) is 0 Å². The van der Waals surface area contributed by atoms with E-state index in [1.165, 1.54) is 0 Å². The van der Waals surface area contributed by atoms with Gasteiger partial charge in [0.15, 0.2) is 17.4 Å². The quantitative estimate of drug-likeness (QED) is 0.721. The summed E-state index contributed by atoms with van der Waals surface area (Å²) in [4.78, 5) is 0. The molecule has 0 saturated heterocycles. The van der Waals surface area contributed by atoms with Crippen LogP contribution < -0.4 is 0 Å². The van der Waals surface area contributed by atoms with E-state index >= 15 is 0 Å². The monoisotopic (exact) mass is 264 g/mol. The zero-order chi connectivity index (χ0) is 12.5. The highest BCUT2D eigenvalue weighted by atomic mass is 28.5. The van der Waals surface area contributed by atoms with E-state index in [4.69, 9.17) is 8.23 Å². The molecule has 1 unspecified atom stereocenters. The molecule has 0 radical (unpaired) electrons. The maximum atomic E-state index is 6.27. The van der Waals surface area contributed by atoms with Crippen LogP contribution in [0.15, 0.2) is 0 Å². The van der Waals surface area contributed by atoms with Crippen LogP contribution in [0.1, 0.15) is 20.8 Å². The molecular weight excluding hydrogens is 236 g/mol. The second kappa shape index (κ2) is 4.83. The van der Waals surface area contributed by atoms with E-state index in [1.54, 1.807) is 0 Å². The summed E-state index contributed by atoms with van der Waals surface area (Å²) in [5.41, 5.74) is 0. The Hall–Kier alpha value is 0.571. The number of hydrogen-bond donors (Lipinski definition) is 0. The van der Waals surface area contributed by atoms with Crippen LogP contribution in [0.5, 0.6) is 0 Å². The van der Waals surface area contributed by atoms with Gasteiger partial charge in [-0.15, -0.1) is 0 Å². The highest BCUT2D eigenvalue weighted by Crippen LogP contribution is 2.30. The fourth-order valence-corrected chi connectivity index (χ4v) is 12.7. The van der Waals surface area contributed by atoms with Crippen molar-refractivity contribution < 1.29 is 8.23 Å². The molecule has 0 N–H and O–H groups in total. The Balaban J connectivity index is 4.39. The third kappa shape index (κ3) is 7.46. The van der Waals surface area contributed by atoms with Crippen molar-refractivity contribution in [1.29, 1.82) is 0 Å². The van der Waals surface area contributed by atoms with Gasteiger partial charge in [0, 0.05) is 0 Å². The van der Waals surface area contributed by atoms with Gasteiger partial charge in [0.1, 0.15) is 0 Å². The van der Waals surface area contributed by atoms with E-state index in [9.17, 15) is 0 Å². The largest absolute Gasteiger partial charge is 0.439 e. The van der Waals surface area contributed by atoms with Crippen LogP contribution in [0.2, 0.25) is 44.3 Å². The van der Waals surface area contributed by atoms with Gasteiger partial charge < -0.3 is 8.23 Å². The molecule has 0 aromatic carbocycles. The molecule has 1 atom stereocenters. The van der Waals surface area contributed by atoms with Crippen molar-refractivity contribution in [2.24, 2.45) is 0 Å². The average Bonchev–Trinajstić information content (AvgIpc) is 1.76. The number of hydrogen-bond acceptors (Lipinski definition) is 2. The molecule has 5 heteroatoms. The van der Waals surface area contributed by atoms with Crippen molar-refractivity contribution in [2.45, 2.75) is 65.1 Å². The predicted octanol–water partition coefficient (Wildman–Crippen LogP) is 3.71. The van der Waals surface area contributed by atoms with E-state index in [0.717, 1.165) is 0 Å². The molecule has 0 aliphatic carbocycles. The molecule has 0 aliphatic rings. The van der Waals surface area contributed by atoms with Gasteiger partial charge in [0.2, 0.25) is 0 Å². The van der Waals surface area contributed by atoms with Crippen molar-refractivity contribution in [3.05, 3.63) is 0 Å². The van der Waals surface area contributed by atoms with Crippen molar-refractivity contribution >= 4 is 25.9 Å². The van der Waals surface area contributed by atoms with E-state index in [0.29, 0.717) is 5.04 Å². The van der Waals surface area contributed by atoms with Crippen molar-refractivity contribution in [2.75, 3.05) is 0 Å². The summed E-state index contributed by atoms with van der Waals surface area (Å²) >= 11 is 0. The fraction of sp³-hybridized carbons (Fsp3) is 1.00. The van der Waals surface area contributed by atoms with E-state index in [-0.39, 0.29) is 0 Å². The molecule has 0 amide bonds. The van der Waals surface area contributed by atoms with Crippen LogP contribution in [0.25, 0.3) is 0 Å². The maximum absolute atomic E-state index is 6.27. The van der Waals surface area contributed by atoms with Gasteiger partial charge in [-0.1, -0.05) is 20.8 Å². The van der Waals surface area contributed by atoms with Crippen LogP contribution in [-0.4, -0.2) is 25.9 Å². The van der Waals surface area contributed by atoms with Gasteiger partial charge in [-0.3, -0.25) is 0 Å². The van der Waals surface area contributed by atoms with Gasteiger partial charge >= 0.3 is 8.56 Å². The van der Waals surface area contributed by atoms with Crippen molar-refractivity contribution in [3.63, 3.8) is 0 Å². The van der Waals surface area contributed by atoms with E-state index in [1.807, 2.05) is 0 Å². The molecule has 2 nitrogen and oxygen atoms in total. The first kappa shape index (κ1) is 15.6. The zero-order valence-corrected chi connectivity index (χ0v) is 15.0. The van der Waals surface area contributed by atoms with Gasteiger partial charge in [-0.2, -0.15) is 0 Å². The lowest BCUT2D eigenvalue weighted by Crippen LogP contribution is -2.49. The third-order valence-electron chi connectivity index (χ3n) is 2.23. The van der Waals surface area contributed by atoms with Crippen LogP contribution in [0.3, 0.4) is 0 Å². The van der Waals surface area contributed by atoms with Gasteiger partial charge in [0.25, 0.3) is 0 Å². The van der Waals surface area contributed by atoms with Crippen molar-refractivity contribution in [1.82, 2.24) is 0 Å². The normalized spacial score (nSPS) is 16.6. The third-order valence-corrected chi connectivity index (χ3v) is 12.8. The fourth-order valence-electron chi connectivity index (χ4n) is 1.36. The van der Waals surface area contributed by atoms with Crippen LogP contribution >= 0.6 is 0 Å². The standard InChI is InChI=1S/C10H28O2Si3/c1-10(2,3)13(4)11-15(8,9)12-14(5,6)7/h13H,1-9H3. The first-order valence-corrected chi connectivity index (χ1v) is 14.1. The van der Waals surface area contributed by atoms with E-state index < -0.39 is 25.9 Å². The lowest BCUT2D eigenvalue weighted by Gasteiger charge is -2.37. The molecule has 0 aromatic rings. The minimum absolute atomic E-state index is 0.326. The Bertz CT molecular complexity index is 204. The summed E-state index contributed by atoms with van der Waals surface area (Å²) in [5.74, 6) is 0. The zero-order valence-electron chi connectivity index (χ0n) is 11.9. The highest BCUT2D eigenvalue weighted by molar-refractivity contribution is 6.84. The summed E-state index contributed by atoms with van der Waals surface area (Å²) in [5, 5.41) is 0.326. The second-order valence-electron chi connectivity index (χ2n) is 6.74. The predicted molar refractivity (Wildman–Crippen MR) is 75.7 cm³/mol. The molecule has 15 heavy (non-hydrogen) atoms. The Labute approximate surface area is 99.5 Å². The van der Waals surface area contributed by atoms with Crippen LogP contribution in [-0.2, 0) is 8.23 Å². The Morgan fingerprint density at radius 3 is 1.60 bits per heavy atom. The summed E-state index contributed by atoms with van der Waals surface area (Å²) in [7, 11) is -4.49.